The second kappa shape index (κ2) is 6.38. The van der Waals surface area contributed by atoms with Crippen LogP contribution in [0.1, 0.15) is 20.3 Å². The maximum atomic E-state index is 11.8. The summed E-state index contributed by atoms with van der Waals surface area (Å²) in [7, 11) is 0. The molecule has 0 bridgehead atoms. The minimum atomic E-state index is -1.12. The largest absolute Gasteiger partial charge is 0.504 e. The van der Waals surface area contributed by atoms with Crippen LogP contribution in [0.5, 0.6) is 17.2 Å². The van der Waals surface area contributed by atoms with E-state index >= 15 is 0 Å². The average Bonchev–Trinajstić information content (AvgIpc) is 2.49. The molecule has 0 aliphatic heterocycles. The molecule has 0 aliphatic carbocycles. The van der Waals surface area contributed by atoms with Gasteiger partial charge in [-0.15, -0.1) is 0 Å². The van der Waals surface area contributed by atoms with E-state index in [1.807, 2.05) is 6.92 Å². The topological polar surface area (TPSA) is 106 Å². The normalized spacial score (nSPS) is 12.1. The van der Waals surface area contributed by atoms with Gasteiger partial charge >= 0.3 is 11.6 Å². The van der Waals surface area contributed by atoms with E-state index in [1.54, 1.807) is 6.92 Å². The van der Waals surface area contributed by atoms with Crippen LogP contribution in [0.3, 0.4) is 0 Å². The van der Waals surface area contributed by atoms with Crippen LogP contribution in [0.2, 0.25) is 0 Å². The van der Waals surface area contributed by atoms with Crippen molar-refractivity contribution in [1.29, 1.82) is 0 Å². The molecule has 1 aromatic heterocycles. The van der Waals surface area contributed by atoms with Gasteiger partial charge in [-0.2, -0.15) is 0 Å². The molecule has 1 heterocycles. The number of hydrogen-bond acceptors (Lipinski definition) is 6. The van der Waals surface area contributed by atoms with E-state index in [9.17, 15) is 14.7 Å². The molecule has 22 heavy (non-hydrogen) atoms. The average molecular weight is 308 g/mol. The van der Waals surface area contributed by atoms with Gasteiger partial charge in [-0.3, -0.25) is 0 Å². The molecule has 2 rings (SSSR count). The first-order chi connectivity index (χ1) is 10.4. The van der Waals surface area contributed by atoms with Crippen molar-refractivity contribution in [3.63, 3.8) is 0 Å². The van der Waals surface area contributed by atoms with Gasteiger partial charge < -0.3 is 24.1 Å². The Morgan fingerprint density at radius 3 is 2.77 bits per heavy atom. The van der Waals surface area contributed by atoms with Crippen molar-refractivity contribution in [3.8, 4) is 17.2 Å². The molecule has 1 atom stereocenters. The molecule has 0 aliphatic rings. The summed E-state index contributed by atoms with van der Waals surface area (Å²) in [6.45, 7) is 3.12. The fourth-order valence-corrected chi connectivity index (χ4v) is 1.77. The lowest BCUT2D eigenvalue weighted by molar-refractivity contribution is -0.139. The zero-order valence-corrected chi connectivity index (χ0v) is 12.2. The summed E-state index contributed by atoms with van der Waals surface area (Å²) < 4.78 is 15.5. The first-order valence-corrected chi connectivity index (χ1v) is 6.73. The lowest BCUT2D eigenvalue weighted by Gasteiger charge is -2.13. The molecular weight excluding hydrogens is 292 g/mol. The number of rotatable bonds is 6. The number of aromatic hydroxyl groups is 1. The minimum absolute atomic E-state index is 0.154. The second-order valence-corrected chi connectivity index (χ2v) is 4.74. The van der Waals surface area contributed by atoms with Crippen LogP contribution >= 0.6 is 0 Å². The monoisotopic (exact) mass is 308 g/mol. The van der Waals surface area contributed by atoms with Crippen molar-refractivity contribution in [1.82, 2.24) is 0 Å². The van der Waals surface area contributed by atoms with Crippen molar-refractivity contribution in [2.45, 2.75) is 26.4 Å². The standard InChI is InChI=1S/C15H16O7/c1-3-8(2)21-14-13(18)10-6-9(20-7-12(16)17)4-5-11(10)22-15(14)19/h4-6,8,18H,3,7H2,1-2H3,(H,16,17). The van der Waals surface area contributed by atoms with Gasteiger partial charge in [-0.1, -0.05) is 6.92 Å². The third-order valence-corrected chi connectivity index (χ3v) is 3.07. The fourth-order valence-electron chi connectivity index (χ4n) is 1.77. The number of ether oxygens (including phenoxy) is 2. The summed E-state index contributed by atoms with van der Waals surface area (Å²) in [5.41, 5.74) is -0.619. The summed E-state index contributed by atoms with van der Waals surface area (Å²) in [4.78, 5) is 22.3. The first kappa shape index (κ1) is 15.7. The third kappa shape index (κ3) is 3.30. The van der Waals surface area contributed by atoms with Crippen molar-refractivity contribution in [2.75, 3.05) is 6.61 Å². The molecular formula is C15H16O7. The highest BCUT2D eigenvalue weighted by Crippen LogP contribution is 2.34. The zero-order chi connectivity index (χ0) is 16.3. The Bertz CT molecular complexity index is 747. The lowest BCUT2D eigenvalue weighted by Crippen LogP contribution is -2.16. The molecule has 0 amide bonds. The summed E-state index contributed by atoms with van der Waals surface area (Å²) in [6.07, 6.45) is 0.385. The highest BCUT2D eigenvalue weighted by molar-refractivity contribution is 5.86. The molecule has 2 N–H and O–H groups in total. The Labute approximate surface area is 125 Å². The van der Waals surface area contributed by atoms with E-state index in [1.165, 1.54) is 18.2 Å². The van der Waals surface area contributed by atoms with Gasteiger partial charge in [0.05, 0.1) is 11.5 Å². The maximum Gasteiger partial charge on any atom is 0.383 e. The second-order valence-electron chi connectivity index (χ2n) is 4.74. The van der Waals surface area contributed by atoms with E-state index in [2.05, 4.69) is 0 Å². The predicted molar refractivity (Wildman–Crippen MR) is 77.7 cm³/mol. The van der Waals surface area contributed by atoms with E-state index in [0.29, 0.717) is 6.42 Å². The van der Waals surface area contributed by atoms with Crippen LogP contribution in [-0.2, 0) is 4.79 Å². The van der Waals surface area contributed by atoms with Crippen molar-refractivity contribution < 1.29 is 28.9 Å². The maximum absolute atomic E-state index is 11.8. The molecule has 7 heteroatoms. The van der Waals surface area contributed by atoms with Gasteiger partial charge in [0.2, 0.25) is 5.75 Å². The Balaban J connectivity index is 2.46. The van der Waals surface area contributed by atoms with Gasteiger partial charge in [0, 0.05) is 0 Å². The third-order valence-electron chi connectivity index (χ3n) is 3.07. The smallest absolute Gasteiger partial charge is 0.383 e. The molecule has 7 nitrogen and oxygen atoms in total. The van der Waals surface area contributed by atoms with E-state index in [4.69, 9.17) is 19.0 Å². The summed E-state index contributed by atoms with van der Waals surface area (Å²) in [6, 6.07) is 4.25. The molecule has 1 unspecified atom stereocenters. The van der Waals surface area contributed by atoms with Crippen molar-refractivity contribution in [3.05, 3.63) is 28.6 Å². The Hall–Kier alpha value is -2.70. The van der Waals surface area contributed by atoms with Gasteiger partial charge in [0.1, 0.15) is 11.3 Å². The van der Waals surface area contributed by atoms with Crippen LogP contribution < -0.4 is 15.1 Å². The molecule has 0 spiro atoms. The Morgan fingerprint density at radius 2 is 2.14 bits per heavy atom. The molecule has 0 saturated heterocycles. The van der Waals surface area contributed by atoms with Crippen LogP contribution in [0.15, 0.2) is 27.4 Å². The van der Waals surface area contributed by atoms with Gasteiger partial charge in [-0.05, 0) is 31.5 Å². The number of aliphatic carboxylic acids is 1. The van der Waals surface area contributed by atoms with E-state index in [0.717, 1.165) is 0 Å². The van der Waals surface area contributed by atoms with E-state index < -0.39 is 18.2 Å². The number of fused-ring (bicyclic) bond motifs is 1. The quantitative estimate of drug-likeness (QED) is 0.787. The van der Waals surface area contributed by atoms with Crippen LogP contribution in [-0.4, -0.2) is 28.9 Å². The number of hydrogen-bond donors (Lipinski definition) is 2. The molecule has 0 radical (unpaired) electrons. The molecule has 0 fully saturated rings. The van der Waals surface area contributed by atoms with Gasteiger partial charge in [0.25, 0.3) is 0 Å². The van der Waals surface area contributed by atoms with E-state index in [-0.39, 0.29) is 34.3 Å². The zero-order valence-electron chi connectivity index (χ0n) is 12.2. The number of carboxylic acid groups (broad SMARTS) is 1. The number of benzene rings is 1. The Morgan fingerprint density at radius 1 is 1.41 bits per heavy atom. The van der Waals surface area contributed by atoms with Crippen molar-refractivity contribution in [2.24, 2.45) is 0 Å². The molecule has 2 aromatic rings. The number of carbonyl (C=O) groups is 1. The highest BCUT2D eigenvalue weighted by Gasteiger charge is 2.18. The van der Waals surface area contributed by atoms with Crippen LogP contribution in [0, 0.1) is 0 Å². The van der Waals surface area contributed by atoms with Gasteiger partial charge in [0.15, 0.2) is 12.4 Å². The molecule has 1 aromatic carbocycles. The first-order valence-electron chi connectivity index (χ1n) is 6.73. The fraction of sp³-hybridized carbons (Fsp3) is 0.333. The predicted octanol–water partition coefficient (Wildman–Crippen LogP) is 2.14. The summed E-state index contributed by atoms with van der Waals surface area (Å²) in [5, 5.41) is 19.0. The van der Waals surface area contributed by atoms with Crippen LogP contribution in [0.4, 0.5) is 0 Å². The number of carboxylic acids is 1. The highest BCUT2D eigenvalue weighted by atomic mass is 16.5. The van der Waals surface area contributed by atoms with Crippen LogP contribution in [0.25, 0.3) is 11.0 Å². The Kier molecular flexibility index (Phi) is 4.55. The van der Waals surface area contributed by atoms with Crippen molar-refractivity contribution >= 4 is 16.9 Å². The lowest BCUT2D eigenvalue weighted by atomic mass is 10.2. The van der Waals surface area contributed by atoms with Gasteiger partial charge in [-0.25, -0.2) is 9.59 Å². The molecule has 118 valence electrons. The summed E-state index contributed by atoms with van der Waals surface area (Å²) >= 11 is 0. The SMILES string of the molecule is CCC(C)Oc1c(O)c2cc(OCC(=O)O)ccc2oc1=O. The minimum Gasteiger partial charge on any atom is -0.504 e. The summed E-state index contributed by atoms with van der Waals surface area (Å²) in [5.74, 6) is -1.51. The molecule has 0 saturated carbocycles.